The van der Waals surface area contributed by atoms with E-state index in [1.54, 1.807) is 42.3 Å². The third-order valence-corrected chi connectivity index (χ3v) is 10.9. The first-order valence-electron chi connectivity index (χ1n) is 20.4. The Morgan fingerprint density at radius 1 is 0.817 bits per heavy atom. The summed E-state index contributed by atoms with van der Waals surface area (Å²) in [5.74, 6) is -0.266. The number of benzene rings is 5. The van der Waals surface area contributed by atoms with Crippen LogP contribution in [-0.4, -0.2) is 78.8 Å². The van der Waals surface area contributed by atoms with Crippen LogP contribution in [0.3, 0.4) is 0 Å². The zero-order valence-corrected chi connectivity index (χ0v) is 33.7. The molecule has 0 radical (unpaired) electrons. The summed E-state index contributed by atoms with van der Waals surface area (Å²) < 4.78 is 5.78. The number of nitrogens with zero attached hydrogens (tertiary/aromatic N) is 2. The summed E-state index contributed by atoms with van der Waals surface area (Å²) in [6, 6.07) is 39.0. The Morgan fingerprint density at radius 3 is 2.37 bits per heavy atom. The number of aromatic hydroxyl groups is 1. The van der Waals surface area contributed by atoms with E-state index >= 15 is 0 Å². The lowest BCUT2D eigenvalue weighted by atomic mass is 10.0. The quantitative estimate of drug-likeness (QED) is 0.0665. The molecule has 5 N–H and O–H groups in total. The normalized spacial score (nSPS) is 13.2. The number of phenols is 1. The van der Waals surface area contributed by atoms with E-state index in [0.29, 0.717) is 67.0 Å². The Hall–Kier alpha value is -6.76. The fraction of sp³-hybridized carbons (Fsp3) is 0.250. The minimum Gasteiger partial charge on any atom is -0.506 e. The predicted molar refractivity (Wildman–Crippen MR) is 237 cm³/mol. The van der Waals surface area contributed by atoms with E-state index in [4.69, 9.17) is 4.74 Å². The van der Waals surface area contributed by atoms with Gasteiger partial charge in [0.25, 0.3) is 5.91 Å². The average molecular weight is 807 g/mol. The number of anilines is 3. The van der Waals surface area contributed by atoms with E-state index in [9.17, 15) is 24.3 Å². The van der Waals surface area contributed by atoms with Crippen molar-refractivity contribution in [2.75, 3.05) is 55.3 Å². The summed E-state index contributed by atoms with van der Waals surface area (Å²) >= 11 is 0. The molecule has 0 unspecified atom stereocenters. The van der Waals surface area contributed by atoms with Gasteiger partial charge in [0.2, 0.25) is 11.5 Å². The first-order chi connectivity index (χ1) is 29.2. The third-order valence-electron chi connectivity index (χ3n) is 10.9. The molecule has 1 saturated heterocycles. The van der Waals surface area contributed by atoms with Crippen molar-refractivity contribution in [2.45, 2.75) is 38.2 Å². The van der Waals surface area contributed by atoms with E-state index in [2.05, 4.69) is 25.8 Å². The minimum absolute atomic E-state index is 0.0566. The highest BCUT2D eigenvalue weighted by Gasteiger charge is 2.24. The monoisotopic (exact) mass is 806 g/mol. The van der Waals surface area contributed by atoms with Gasteiger partial charge >= 0.3 is 6.09 Å². The van der Waals surface area contributed by atoms with E-state index in [-0.39, 0.29) is 29.2 Å². The smallest absolute Gasteiger partial charge is 0.411 e. The molecule has 0 saturated carbocycles. The molecular weight excluding hydrogens is 757 g/mol. The zero-order chi connectivity index (χ0) is 41.8. The van der Waals surface area contributed by atoms with Gasteiger partial charge in [-0.3, -0.25) is 19.7 Å². The van der Waals surface area contributed by atoms with Crippen LogP contribution in [0, 0.1) is 0 Å². The Bertz CT molecular complexity index is 2480. The van der Waals surface area contributed by atoms with Gasteiger partial charge in [0.1, 0.15) is 11.9 Å². The summed E-state index contributed by atoms with van der Waals surface area (Å²) in [5, 5.41) is 20.3. The Labute approximate surface area is 349 Å². The number of carbonyl (C=O) groups is 3. The fourth-order valence-electron chi connectivity index (χ4n) is 7.48. The van der Waals surface area contributed by atoms with Gasteiger partial charge < -0.3 is 35.3 Å². The van der Waals surface area contributed by atoms with Gasteiger partial charge in [-0.15, -0.1) is 0 Å². The second-order valence-corrected chi connectivity index (χ2v) is 15.0. The van der Waals surface area contributed by atoms with Crippen LogP contribution in [0.5, 0.6) is 5.75 Å². The Kier molecular flexibility index (Phi) is 13.7. The molecule has 60 heavy (non-hydrogen) atoms. The third kappa shape index (κ3) is 10.8. The van der Waals surface area contributed by atoms with Crippen LogP contribution >= 0.6 is 0 Å². The maximum Gasteiger partial charge on any atom is 0.411 e. The lowest BCUT2D eigenvalue weighted by Crippen LogP contribution is -2.40. The highest BCUT2D eigenvalue weighted by atomic mass is 16.6. The van der Waals surface area contributed by atoms with E-state index in [0.717, 1.165) is 53.6 Å². The number of carbonyl (C=O) groups excluding carboxylic acids is 3. The molecule has 12 heteroatoms. The van der Waals surface area contributed by atoms with Gasteiger partial charge in [0.05, 0.1) is 11.2 Å². The Morgan fingerprint density at radius 2 is 1.57 bits per heavy atom. The Balaban J connectivity index is 0.808. The summed E-state index contributed by atoms with van der Waals surface area (Å²) in [5.41, 5.74) is 6.76. The molecule has 1 aromatic heterocycles. The molecule has 0 aliphatic carbocycles. The van der Waals surface area contributed by atoms with Crippen LogP contribution in [0.1, 0.15) is 40.7 Å². The van der Waals surface area contributed by atoms with Crippen LogP contribution in [0.15, 0.2) is 132 Å². The van der Waals surface area contributed by atoms with Crippen molar-refractivity contribution in [3.05, 3.63) is 154 Å². The number of nitrogens with one attached hydrogen (secondary N) is 4. The summed E-state index contributed by atoms with van der Waals surface area (Å²) in [6.45, 7) is 3.51. The molecule has 3 amide bonds. The fourth-order valence-corrected chi connectivity index (χ4v) is 7.48. The van der Waals surface area contributed by atoms with Crippen LogP contribution in [-0.2, 0) is 22.4 Å². The number of aromatic nitrogens is 1. The molecule has 5 aromatic carbocycles. The molecule has 0 bridgehead atoms. The van der Waals surface area contributed by atoms with Gasteiger partial charge in [-0.25, -0.2) is 4.79 Å². The molecule has 1 aliphatic heterocycles. The van der Waals surface area contributed by atoms with Crippen molar-refractivity contribution in [1.82, 2.24) is 15.2 Å². The van der Waals surface area contributed by atoms with Crippen molar-refractivity contribution in [2.24, 2.45) is 0 Å². The molecular formula is C48H50N6O6. The summed E-state index contributed by atoms with van der Waals surface area (Å²) in [7, 11) is 1.72. The van der Waals surface area contributed by atoms with E-state index < -0.39 is 6.09 Å². The number of H-pyrrole nitrogens is 1. The number of para-hydroxylation sites is 1. The van der Waals surface area contributed by atoms with Crippen molar-refractivity contribution < 1.29 is 24.2 Å². The molecule has 0 spiro atoms. The lowest BCUT2D eigenvalue weighted by molar-refractivity contribution is -0.118. The topological polar surface area (TPSA) is 156 Å². The number of pyridine rings is 1. The first kappa shape index (κ1) is 41.4. The van der Waals surface area contributed by atoms with Crippen molar-refractivity contribution >= 4 is 45.9 Å². The van der Waals surface area contributed by atoms with E-state index in [1.807, 2.05) is 91.0 Å². The molecule has 1 aliphatic rings. The molecule has 6 aromatic rings. The van der Waals surface area contributed by atoms with Gasteiger partial charge in [0, 0.05) is 67.1 Å². The number of likely N-dealkylation sites (tertiary alicyclic amines) is 1. The van der Waals surface area contributed by atoms with Crippen molar-refractivity contribution in [3.8, 4) is 16.9 Å². The predicted octanol–water partition coefficient (Wildman–Crippen LogP) is 7.59. The van der Waals surface area contributed by atoms with Gasteiger partial charge in [0.15, 0.2) is 0 Å². The molecule has 7 rings (SSSR count). The number of aromatic amines is 1. The van der Waals surface area contributed by atoms with Crippen molar-refractivity contribution in [1.29, 1.82) is 0 Å². The van der Waals surface area contributed by atoms with Gasteiger partial charge in [-0.1, -0.05) is 72.8 Å². The maximum atomic E-state index is 13.2. The van der Waals surface area contributed by atoms with Crippen molar-refractivity contribution in [3.63, 3.8) is 0 Å². The number of fused-ring (bicyclic) bond motifs is 1. The number of hydrogen-bond donors (Lipinski definition) is 5. The highest BCUT2D eigenvalue weighted by molar-refractivity contribution is 6.05. The SMILES string of the molecule is CN(C(=O)CCN1CCC(OC(=O)Nc2ccccc2-c2ccccc2)CC1)c1cccc(C(=O)Nc2ccc(CCNCCc3ccc(O)c4[nH]c(=O)ccc34)cc2)c1. The minimum atomic E-state index is -0.473. The van der Waals surface area contributed by atoms with Crippen LogP contribution in [0.2, 0.25) is 0 Å². The van der Waals surface area contributed by atoms with Crippen LogP contribution in [0.4, 0.5) is 21.9 Å². The lowest BCUT2D eigenvalue weighted by Gasteiger charge is -2.31. The average Bonchev–Trinajstić information content (AvgIpc) is 3.27. The second kappa shape index (κ2) is 19.8. The number of hydrogen-bond acceptors (Lipinski definition) is 8. The molecule has 1 fully saturated rings. The molecule has 12 nitrogen and oxygen atoms in total. The summed E-state index contributed by atoms with van der Waals surface area (Å²) in [4.78, 5) is 57.5. The number of amides is 3. The van der Waals surface area contributed by atoms with Crippen LogP contribution < -0.4 is 26.4 Å². The molecule has 308 valence electrons. The largest absolute Gasteiger partial charge is 0.506 e. The number of ether oxygens (including phenoxy) is 1. The van der Waals surface area contributed by atoms with Crippen LogP contribution in [0.25, 0.3) is 22.0 Å². The standard InChI is InChI=1S/C48H50N6O6/c1-53(45(57)26-31-54-29-24-39(25-30-54)60-48(59)51-42-13-6-5-12-40(42)34-8-3-2-4-9-34)38-11-7-10-36(32-38)47(58)50-37-17-14-33(15-18-37)22-27-49-28-23-35-16-20-43(55)46-41(35)19-21-44(56)52-46/h2-21,32,39,49,55H,22-31H2,1H3,(H,50,58)(H,51,59)(H,52,56). The number of phenolic OH excluding ortho intramolecular Hbond substituents is 1. The molecule has 2 heterocycles. The van der Waals surface area contributed by atoms with E-state index in [1.165, 1.54) is 6.07 Å². The number of piperidine rings is 1. The first-order valence-corrected chi connectivity index (χ1v) is 20.4. The zero-order valence-electron chi connectivity index (χ0n) is 33.7. The van der Waals surface area contributed by atoms with Gasteiger partial charge in [-0.05, 0) is 104 Å². The second-order valence-electron chi connectivity index (χ2n) is 15.0. The summed E-state index contributed by atoms with van der Waals surface area (Å²) in [6.07, 6.45) is 2.55. The number of rotatable bonds is 15. The highest BCUT2D eigenvalue weighted by Crippen LogP contribution is 2.28. The van der Waals surface area contributed by atoms with Gasteiger partial charge in [-0.2, -0.15) is 0 Å². The maximum absolute atomic E-state index is 13.2. The molecule has 0 atom stereocenters.